The molecule has 392 valence electrons. The van der Waals surface area contributed by atoms with Crippen LogP contribution in [0.2, 0.25) is 0 Å². The minimum Gasteiger partial charge on any atom is -0.492 e. The number of H-pyrrole nitrogens is 1. The Bertz CT molecular complexity index is 2060. The van der Waals surface area contributed by atoms with Crippen molar-refractivity contribution in [1.82, 2.24) is 25.1 Å². The lowest BCUT2D eigenvalue weighted by atomic mass is 9.72. The van der Waals surface area contributed by atoms with Crippen LogP contribution in [-0.4, -0.2) is 51.5 Å². The Morgan fingerprint density at radius 2 is 1.13 bits per heavy atom. The molecule has 9 heteroatoms. The number of aryl methyl sites for hydroxylation is 2. The van der Waals surface area contributed by atoms with Gasteiger partial charge < -0.3 is 20.1 Å². The molecule has 9 nitrogen and oxygen atoms in total. The van der Waals surface area contributed by atoms with E-state index in [1.807, 2.05) is 100 Å². The number of pyridine rings is 3. The summed E-state index contributed by atoms with van der Waals surface area (Å²) in [6.07, 6.45) is 14.9. The number of rotatable bonds is 5. The second kappa shape index (κ2) is 35.2. The number of anilines is 2. The van der Waals surface area contributed by atoms with E-state index in [-0.39, 0.29) is 0 Å². The molecular formula is C61H101N7O2. The van der Waals surface area contributed by atoms with Gasteiger partial charge in [-0.25, -0.2) is 0 Å². The molecule has 7 heterocycles. The largest absolute Gasteiger partial charge is 0.492 e. The standard InChI is InChI=1S/C11H15NO.C11H14.C10H14N2O.C10H14N2.C9H14N2.5C2H6/c1-8(2)9-6-11-10(12-7-9)4-3-5-13-11;1-8(2)11-7-9-5-3-4-6-10(9)11;1-7(2)8-5-10-9(6-12-8)11-3-4-13-10;1-7(2)9-5-8-3-4-11-10(8)6-12-9;1-6(2)8-4-3-7-5-10-11-9(7)8;5*1-2/h6-8H,3-5H2,1-2H3;3-6,8,11H,7H2,1-2H3;5-7,11H,3-4H2,1-2H3;5-7,11H,3-4H2,1-2H3;5-6,8H,3-4H2,1-2H3,(H,10,11);5*1-2H3. The fourth-order valence-corrected chi connectivity index (χ4v) is 8.29. The molecule has 0 fully saturated rings. The zero-order valence-corrected chi connectivity index (χ0v) is 48.1. The van der Waals surface area contributed by atoms with Crippen molar-refractivity contribution in [3.8, 4) is 11.5 Å². The quantitative estimate of drug-likeness (QED) is 0.160. The second-order valence-corrected chi connectivity index (χ2v) is 18.4. The zero-order chi connectivity index (χ0) is 52.8. The predicted octanol–water partition coefficient (Wildman–Crippen LogP) is 16.9. The summed E-state index contributed by atoms with van der Waals surface area (Å²) in [6, 6.07) is 15.2. The molecule has 2 aliphatic carbocycles. The van der Waals surface area contributed by atoms with Crippen molar-refractivity contribution in [3.05, 3.63) is 118 Å². The number of hydrogen-bond acceptors (Lipinski definition) is 8. The Morgan fingerprint density at radius 3 is 1.74 bits per heavy atom. The van der Waals surface area contributed by atoms with Crippen LogP contribution in [-0.2, 0) is 25.7 Å². The van der Waals surface area contributed by atoms with E-state index in [1.54, 1.807) is 11.1 Å². The van der Waals surface area contributed by atoms with E-state index < -0.39 is 0 Å². The summed E-state index contributed by atoms with van der Waals surface area (Å²) in [5.74, 6) is 6.58. The van der Waals surface area contributed by atoms with Crippen molar-refractivity contribution >= 4 is 11.4 Å². The van der Waals surface area contributed by atoms with Gasteiger partial charge >= 0.3 is 0 Å². The molecule has 0 saturated heterocycles. The lowest BCUT2D eigenvalue weighted by Crippen LogP contribution is -2.21. The van der Waals surface area contributed by atoms with Gasteiger partial charge in [0.2, 0.25) is 0 Å². The number of aromatic amines is 1. The maximum Gasteiger partial charge on any atom is 0.145 e. The number of fused-ring (bicyclic) bond motifs is 5. The number of aromatic nitrogens is 5. The molecule has 1 aromatic carbocycles. The summed E-state index contributed by atoms with van der Waals surface area (Å²) >= 11 is 0. The second-order valence-electron chi connectivity index (χ2n) is 18.4. The highest BCUT2D eigenvalue weighted by Crippen LogP contribution is 2.40. The van der Waals surface area contributed by atoms with Crippen molar-refractivity contribution in [3.63, 3.8) is 0 Å². The molecule has 5 aliphatic rings. The van der Waals surface area contributed by atoms with Gasteiger partial charge in [0.25, 0.3) is 0 Å². The van der Waals surface area contributed by atoms with Gasteiger partial charge in [-0.3, -0.25) is 20.1 Å². The van der Waals surface area contributed by atoms with E-state index in [0.717, 1.165) is 97.8 Å². The molecule has 70 heavy (non-hydrogen) atoms. The summed E-state index contributed by atoms with van der Waals surface area (Å²) < 4.78 is 11.1. The van der Waals surface area contributed by atoms with Crippen LogP contribution in [0, 0.1) is 11.8 Å². The Balaban J connectivity index is 0.000000418. The average molecular weight is 965 g/mol. The van der Waals surface area contributed by atoms with Crippen LogP contribution >= 0.6 is 0 Å². The predicted molar refractivity (Wildman–Crippen MR) is 304 cm³/mol. The number of benzene rings is 1. The van der Waals surface area contributed by atoms with E-state index in [4.69, 9.17) is 9.47 Å². The van der Waals surface area contributed by atoms with Crippen molar-refractivity contribution in [2.75, 3.05) is 36.9 Å². The Kier molecular flexibility index (Phi) is 31.8. The smallest absolute Gasteiger partial charge is 0.145 e. The van der Waals surface area contributed by atoms with E-state index in [9.17, 15) is 0 Å². The molecule has 10 rings (SSSR count). The maximum absolute atomic E-state index is 5.55. The molecule has 0 saturated carbocycles. The third-order valence-corrected chi connectivity index (χ3v) is 12.3. The molecule has 5 aromatic rings. The van der Waals surface area contributed by atoms with E-state index in [2.05, 4.69) is 141 Å². The molecule has 4 aromatic heterocycles. The number of nitrogens with zero attached hydrogens (tertiary/aromatic N) is 4. The fraction of sp³-hybridized carbons (Fsp3) is 0.607. The molecular weight excluding hydrogens is 863 g/mol. The molecule has 0 spiro atoms. The summed E-state index contributed by atoms with van der Waals surface area (Å²) in [5.41, 5.74) is 14.3. The van der Waals surface area contributed by atoms with E-state index >= 15 is 0 Å². The van der Waals surface area contributed by atoms with Crippen LogP contribution in [0.3, 0.4) is 0 Å². The van der Waals surface area contributed by atoms with Gasteiger partial charge in [-0.1, -0.05) is 163 Å². The normalized spacial score (nSPS) is 15.4. The highest BCUT2D eigenvalue weighted by atomic mass is 16.5. The maximum atomic E-state index is 5.55. The number of ether oxygens (including phenoxy) is 2. The first-order valence-corrected chi connectivity index (χ1v) is 27.7. The minimum absolute atomic E-state index is 0.454. The average Bonchev–Trinajstić information content (AvgIpc) is 4.17. The van der Waals surface area contributed by atoms with E-state index in [0.29, 0.717) is 17.8 Å². The zero-order valence-electron chi connectivity index (χ0n) is 48.1. The summed E-state index contributed by atoms with van der Waals surface area (Å²) in [5, 5.41) is 13.7. The molecule has 0 bridgehead atoms. The van der Waals surface area contributed by atoms with Gasteiger partial charge in [-0.05, 0) is 114 Å². The Labute approximate surface area is 429 Å². The lowest BCUT2D eigenvalue weighted by Gasteiger charge is -2.33. The summed E-state index contributed by atoms with van der Waals surface area (Å²) in [6.45, 7) is 45.7. The highest BCUT2D eigenvalue weighted by molar-refractivity contribution is 5.57. The van der Waals surface area contributed by atoms with Crippen LogP contribution < -0.4 is 20.1 Å². The first kappa shape index (κ1) is 63.1. The van der Waals surface area contributed by atoms with Gasteiger partial charge in [0.05, 0.1) is 42.3 Å². The fourth-order valence-electron chi connectivity index (χ4n) is 8.29. The molecule has 2 unspecified atom stereocenters. The third-order valence-electron chi connectivity index (χ3n) is 12.3. The summed E-state index contributed by atoms with van der Waals surface area (Å²) in [7, 11) is 0. The molecule has 3 N–H and O–H groups in total. The van der Waals surface area contributed by atoms with Crippen molar-refractivity contribution in [2.45, 2.75) is 207 Å². The molecule has 3 aliphatic heterocycles. The molecule has 0 radical (unpaired) electrons. The summed E-state index contributed by atoms with van der Waals surface area (Å²) in [4.78, 5) is 13.2. The number of hydrogen-bond donors (Lipinski definition) is 3. The van der Waals surface area contributed by atoms with Crippen LogP contribution in [0.25, 0.3) is 0 Å². The van der Waals surface area contributed by atoms with Gasteiger partial charge in [-0.2, -0.15) is 5.10 Å². The SMILES string of the molecule is CC.CC.CC.CC.CC.CC(C)C1CCc2cn[nH]c21.CC(C)C1Cc2ccccc21.CC(C)c1cc2c(cn1)NCC2.CC(C)c1cc2c(cn1)NCCO2.CC(C)c1cnc2c(c1)OCCC2. The van der Waals surface area contributed by atoms with Gasteiger partial charge in [0, 0.05) is 48.4 Å². The third kappa shape index (κ3) is 19.4. The number of nitrogens with one attached hydrogen (secondary N) is 3. The lowest BCUT2D eigenvalue weighted by molar-refractivity contribution is 0.284. The van der Waals surface area contributed by atoms with Gasteiger partial charge in [0.1, 0.15) is 18.1 Å². The highest BCUT2D eigenvalue weighted by Gasteiger charge is 2.28. The van der Waals surface area contributed by atoms with Crippen molar-refractivity contribution in [1.29, 1.82) is 0 Å². The molecule has 2 atom stereocenters. The van der Waals surface area contributed by atoms with Gasteiger partial charge in [-0.15, -0.1) is 0 Å². The van der Waals surface area contributed by atoms with Gasteiger partial charge in [0.15, 0.2) is 0 Å². The minimum atomic E-state index is 0.454. The Hall–Kier alpha value is -4.92. The first-order chi connectivity index (χ1) is 33.9. The Morgan fingerprint density at radius 1 is 0.529 bits per heavy atom. The van der Waals surface area contributed by atoms with Crippen LogP contribution in [0.15, 0.2) is 67.3 Å². The van der Waals surface area contributed by atoms with Crippen molar-refractivity contribution < 1.29 is 9.47 Å². The van der Waals surface area contributed by atoms with E-state index in [1.165, 1.54) is 53.0 Å². The molecule has 0 amide bonds. The first-order valence-electron chi connectivity index (χ1n) is 27.7. The van der Waals surface area contributed by atoms with Crippen molar-refractivity contribution in [2.24, 2.45) is 11.8 Å². The van der Waals surface area contributed by atoms with Crippen LogP contribution in [0.1, 0.15) is 231 Å². The topological polar surface area (TPSA) is 110 Å². The van der Waals surface area contributed by atoms with Crippen LogP contribution in [0.4, 0.5) is 11.4 Å². The van der Waals surface area contributed by atoms with Crippen LogP contribution in [0.5, 0.6) is 11.5 Å². The monoisotopic (exact) mass is 964 g/mol.